The summed E-state index contributed by atoms with van der Waals surface area (Å²) in [7, 11) is 1.90. The molecule has 0 saturated heterocycles. The standard InChI is InChI=1S/C25H21ClFN5O/c1-32(15-5-6-18-14(9-15)10-28-13-25(18)7-8-25)24-30-12-17-22(33)16(11-29-23(17)31-24)21-19(26)3-2-4-20(21)27/h2-6,9,11-12,28H,7-8,10,13H2,1H3,(H,29,30,31,33). The van der Waals surface area contributed by atoms with Gasteiger partial charge in [0.1, 0.15) is 11.5 Å². The fraction of sp³-hybridized carbons (Fsp3) is 0.240. The van der Waals surface area contributed by atoms with Gasteiger partial charge in [-0.15, -0.1) is 0 Å². The van der Waals surface area contributed by atoms with Crippen LogP contribution >= 0.6 is 11.6 Å². The molecular weight excluding hydrogens is 441 g/mol. The van der Waals surface area contributed by atoms with Crippen molar-refractivity contribution in [2.24, 2.45) is 0 Å². The SMILES string of the molecule is CN(c1ccc2c(c1)CNCC21CC1)c1ncc2c(=O)c(-c3c(F)cccc3Cl)c[nH]c2n1. The number of anilines is 2. The highest BCUT2D eigenvalue weighted by Crippen LogP contribution is 2.51. The molecule has 1 fully saturated rings. The van der Waals surface area contributed by atoms with E-state index < -0.39 is 5.82 Å². The monoisotopic (exact) mass is 461 g/mol. The zero-order valence-electron chi connectivity index (χ0n) is 18.0. The van der Waals surface area contributed by atoms with Gasteiger partial charge >= 0.3 is 0 Å². The van der Waals surface area contributed by atoms with E-state index >= 15 is 0 Å². The van der Waals surface area contributed by atoms with E-state index in [4.69, 9.17) is 11.6 Å². The molecule has 33 heavy (non-hydrogen) atoms. The lowest BCUT2D eigenvalue weighted by Gasteiger charge is -2.28. The topological polar surface area (TPSA) is 73.9 Å². The zero-order valence-corrected chi connectivity index (χ0v) is 18.7. The minimum absolute atomic E-state index is 0.0691. The van der Waals surface area contributed by atoms with Gasteiger partial charge in [0.15, 0.2) is 0 Å². The van der Waals surface area contributed by atoms with E-state index in [1.165, 1.54) is 48.5 Å². The number of H-pyrrole nitrogens is 1. The average molecular weight is 462 g/mol. The van der Waals surface area contributed by atoms with E-state index in [0.29, 0.717) is 17.0 Å². The van der Waals surface area contributed by atoms with Crippen molar-refractivity contribution >= 4 is 34.3 Å². The van der Waals surface area contributed by atoms with Gasteiger partial charge in [0.05, 0.1) is 16.0 Å². The van der Waals surface area contributed by atoms with Crippen LogP contribution in [0.2, 0.25) is 5.02 Å². The summed E-state index contributed by atoms with van der Waals surface area (Å²) >= 11 is 6.16. The summed E-state index contributed by atoms with van der Waals surface area (Å²) in [5.41, 5.74) is 4.27. The van der Waals surface area contributed by atoms with Crippen molar-refractivity contribution in [2.75, 3.05) is 18.5 Å². The molecule has 6 rings (SSSR count). The van der Waals surface area contributed by atoms with Crippen molar-refractivity contribution in [3.63, 3.8) is 0 Å². The van der Waals surface area contributed by atoms with E-state index in [0.717, 1.165) is 18.8 Å². The van der Waals surface area contributed by atoms with Gasteiger partial charge in [0.2, 0.25) is 11.4 Å². The van der Waals surface area contributed by atoms with E-state index in [9.17, 15) is 9.18 Å². The molecule has 8 heteroatoms. The Morgan fingerprint density at radius 1 is 1.21 bits per heavy atom. The van der Waals surface area contributed by atoms with Crippen LogP contribution in [0.15, 0.2) is 53.6 Å². The Morgan fingerprint density at radius 2 is 2.06 bits per heavy atom. The molecule has 1 saturated carbocycles. The second-order valence-electron chi connectivity index (χ2n) is 8.84. The summed E-state index contributed by atoms with van der Waals surface area (Å²) in [4.78, 5) is 27.0. The van der Waals surface area contributed by atoms with Crippen molar-refractivity contribution < 1.29 is 4.39 Å². The Morgan fingerprint density at radius 3 is 2.85 bits per heavy atom. The summed E-state index contributed by atoms with van der Waals surface area (Å²) in [6.45, 7) is 1.91. The molecule has 1 spiro atoms. The second kappa shape index (κ2) is 7.37. The number of rotatable bonds is 3. The van der Waals surface area contributed by atoms with Crippen molar-refractivity contribution in [3.05, 3.63) is 81.0 Å². The van der Waals surface area contributed by atoms with E-state index in [2.05, 4.69) is 38.5 Å². The average Bonchev–Trinajstić information content (AvgIpc) is 3.59. The minimum Gasteiger partial charge on any atom is -0.345 e. The first-order valence-corrected chi connectivity index (χ1v) is 11.3. The highest BCUT2D eigenvalue weighted by Gasteiger charge is 2.46. The van der Waals surface area contributed by atoms with Crippen LogP contribution in [0.4, 0.5) is 16.0 Å². The van der Waals surface area contributed by atoms with Gasteiger partial charge in [-0.05, 0) is 48.2 Å². The first-order valence-electron chi connectivity index (χ1n) is 10.9. The van der Waals surface area contributed by atoms with Gasteiger partial charge in [-0.1, -0.05) is 23.7 Å². The third-order valence-electron chi connectivity index (χ3n) is 6.83. The van der Waals surface area contributed by atoms with Crippen LogP contribution in [0.1, 0.15) is 24.0 Å². The fourth-order valence-corrected chi connectivity index (χ4v) is 5.06. The number of hydrogen-bond donors (Lipinski definition) is 2. The van der Waals surface area contributed by atoms with Gasteiger partial charge in [0.25, 0.3) is 0 Å². The predicted octanol–water partition coefficient (Wildman–Crippen LogP) is 4.68. The molecule has 0 unspecified atom stereocenters. The van der Waals surface area contributed by atoms with Gasteiger partial charge in [-0.25, -0.2) is 9.37 Å². The molecule has 2 aliphatic rings. The molecule has 1 aliphatic heterocycles. The molecule has 0 amide bonds. The number of pyridine rings is 1. The van der Waals surface area contributed by atoms with Crippen molar-refractivity contribution in [3.8, 4) is 11.1 Å². The maximum atomic E-state index is 14.4. The quantitative estimate of drug-likeness (QED) is 0.463. The smallest absolute Gasteiger partial charge is 0.231 e. The fourth-order valence-electron chi connectivity index (χ4n) is 4.80. The van der Waals surface area contributed by atoms with E-state index in [1.807, 2.05) is 11.9 Å². The third-order valence-corrected chi connectivity index (χ3v) is 7.15. The minimum atomic E-state index is -0.556. The first-order chi connectivity index (χ1) is 16.0. The van der Waals surface area contributed by atoms with Crippen LogP contribution in [0, 0.1) is 5.82 Å². The Balaban J connectivity index is 1.38. The largest absolute Gasteiger partial charge is 0.345 e. The molecule has 1 aliphatic carbocycles. The lowest BCUT2D eigenvalue weighted by Crippen LogP contribution is -2.33. The zero-order chi connectivity index (χ0) is 22.7. The lowest BCUT2D eigenvalue weighted by atomic mass is 9.88. The van der Waals surface area contributed by atoms with E-state index in [-0.39, 0.29) is 27.0 Å². The van der Waals surface area contributed by atoms with Crippen LogP contribution in [-0.2, 0) is 12.0 Å². The number of aromatic amines is 1. The van der Waals surface area contributed by atoms with Crippen LogP contribution in [0.5, 0.6) is 0 Å². The number of fused-ring (bicyclic) bond motifs is 3. The molecule has 3 heterocycles. The van der Waals surface area contributed by atoms with Gasteiger partial charge < -0.3 is 15.2 Å². The van der Waals surface area contributed by atoms with Gasteiger partial charge in [-0.2, -0.15) is 4.98 Å². The Labute approximate surface area is 194 Å². The molecule has 0 radical (unpaired) electrons. The molecule has 2 N–H and O–H groups in total. The number of nitrogens with one attached hydrogen (secondary N) is 2. The molecule has 166 valence electrons. The van der Waals surface area contributed by atoms with Crippen LogP contribution in [0.25, 0.3) is 22.2 Å². The Hall–Kier alpha value is -3.29. The highest BCUT2D eigenvalue weighted by molar-refractivity contribution is 6.33. The molecular formula is C25H21ClFN5O. The van der Waals surface area contributed by atoms with Crippen molar-refractivity contribution in [1.29, 1.82) is 0 Å². The summed E-state index contributed by atoms with van der Waals surface area (Å²) in [5, 5.41) is 3.98. The molecule has 0 bridgehead atoms. The summed E-state index contributed by atoms with van der Waals surface area (Å²) in [5.74, 6) is -0.0980. The molecule has 4 aromatic rings. The van der Waals surface area contributed by atoms with E-state index in [1.54, 1.807) is 6.07 Å². The van der Waals surface area contributed by atoms with Crippen LogP contribution < -0.4 is 15.6 Å². The second-order valence-corrected chi connectivity index (χ2v) is 9.25. The third kappa shape index (κ3) is 3.22. The number of halogens is 2. The maximum absolute atomic E-state index is 14.4. The number of hydrogen-bond acceptors (Lipinski definition) is 5. The number of nitrogens with zero attached hydrogens (tertiary/aromatic N) is 3. The van der Waals surface area contributed by atoms with Gasteiger partial charge in [-0.3, -0.25) is 4.79 Å². The van der Waals surface area contributed by atoms with Gasteiger partial charge in [0, 0.05) is 49.2 Å². The molecule has 6 nitrogen and oxygen atoms in total. The highest BCUT2D eigenvalue weighted by atomic mass is 35.5. The maximum Gasteiger partial charge on any atom is 0.231 e. The summed E-state index contributed by atoms with van der Waals surface area (Å²) in [6, 6.07) is 10.8. The Bertz CT molecular complexity index is 1460. The van der Waals surface area contributed by atoms with Crippen molar-refractivity contribution in [2.45, 2.75) is 24.8 Å². The first kappa shape index (κ1) is 20.3. The number of benzene rings is 2. The molecule has 2 aromatic heterocycles. The number of aromatic nitrogens is 3. The summed E-state index contributed by atoms with van der Waals surface area (Å²) in [6.07, 6.45) is 5.41. The molecule has 0 atom stereocenters. The summed E-state index contributed by atoms with van der Waals surface area (Å²) < 4.78 is 14.4. The normalized spacial score (nSPS) is 16.1. The van der Waals surface area contributed by atoms with Crippen molar-refractivity contribution in [1.82, 2.24) is 20.3 Å². The lowest BCUT2D eigenvalue weighted by molar-refractivity contribution is 0.531. The Kier molecular flexibility index (Phi) is 4.54. The predicted molar refractivity (Wildman–Crippen MR) is 128 cm³/mol. The van der Waals surface area contributed by atoms with Crippen LogP contribution in [-0.4, -0.2) is 28.5 Å². The van der Waals surface area contributed by atoms with Crippen LogP contribution in [0.3, 0.4) is 0 Å². The molecule has 2 aromatic carbocycles.